The van der Waals surface area contributed by atoms with Crippen molar-refractivity contribution < 1.29 is 13.9 Å². The highest BCUT2D eigenvalue weighted by atomic mass is 127. The van der Waals surface area contributed by atoms with Gasteiger partial charge in [0.2, 0.25) is 0 Å². The first-order chi connectivity index (χ1) is 13.0. The third-order valence-electron chi connectivity index (χ3n) is 4.26. The maximum Gasteiger partial charge on any atom is 0.191 e. The fourth-order valence-electron chi connectivity index (χ4n) is 3.07. The molecule has 1 aliphatic heterocycles. The van der Waals surface area contributed by atoms with Gasteiger partial charge in [-0.2, -0.15) is 0 Å². The molecule has 0 aliphatic carbocycles. The molecular formula is C20H34FIN4O2. The van der Waals surface area contributed by atoms with E-state index >= 15 is 0 Å². The summed E-state index contributed by atoms with van der Waals surface area (Å²) >= 11 is 0. The van der Waals surface area contributed by atoms with Gasteiger partial charge in [-0.15, -0.1) is 24.0 Å². The Hall–Kier alpha value is -1.13. The number of halogens is 2. The van der Waals surface area contributed by atoms with Crippen LogP contribution in [0.25, 0.3) is 0 Å². The van der Waals surface area contributed by atoms with Gasteiger partial charge in [0, 0.05) is 39.3 Å². The summed E-state index contributed by atoms with van der Waals surface area (Å²) < 4.78 is 24.8. The van der Waals surface area contributed by atoms with E-state index in [1.165, 1.54) is 12.1 Å². The van der Waals surface area contributed by atoms with Crippen molar-refractivity contribution in [1.29, 1.82) is 0 Å². The number of rotatable bonds is 8. The molecule has 1 fully saturated rings. The molecule has 0 bridgehead atoms. The number of benzene rings is 1. The maximum absolute atomic E-state index is 13.2. The Labute approximate surface area is 185 Å². The SMILES string of the molecule is CN=C(NCC(C)Oc1cccc(F)c1)NCC1CN(CC(C)C)CCO1.I. The molecule has 2 unspecified atom stereocenters. The molecule has 28 heavy (non-hydrogen) atoms. The molecule has 1 saturated heterocycles. The predicted molar refractivity (Wildman–Crippen MR) is 122 cm³/mol. The van der Waals surface area contributed by atoms with Crippen LogP contribution in [0.4, 0.5) is 4.39 Å². The third kappa shape index (κ3) is 9.38. The van der Waals surface area contributed by atoms with Crippen LogP contribution in [0.15, 0.2) is 29.3 Å². The molecular weight excluding hydrogens is 474 g/mol. The number of guanidine groups is 1. The van der Waals surface area contributed by atoms with Gasteiger partial charge in [-0.3, -0.25) is 9.89 Å². The number of hydrogen-bond acceptors (Lipinski definition) is 4. The van der Waals surface area contributed by atoms with Crippen LogP contribution in [0.2, 0.25) is 0 Å². The Morgan fingerprint density at radius 3 is 2.82 bits per heavy atom. The fourth-order valence-corrected chi connectivity index (χ4v) is 3.07. The highest BCUT2D eigenvalue weighted by Gasteiger charge is 2.21. The molecule has 1 heterocycles. The lowest BCUT2D eigenvalue weighted by molar-refractivity contribution is -0.0284. The highest BCUT2D eigenvalue weighted by Crippen LogP contribution is 2.13. The molecule has 2 N–H and O–H groups in total. The number of nitrogens with one attached hydrogen (secondary N) is 2. The lowest BCUT2D eigenvalue weighted by Crippen LogP contribution is -2.50. The van der Waals surface area contributed by atoms with Crippen LogP contribution in [0, 0.1) is 11.7 Å². The normalized spacial score (nSPS) is 19.1. The Morgan fingerprint density at radius 1 is 1.36 bits per heavy atom. The van der Waals surface area contributed by atoms with E-state index in [1.807, 2.05) is 6.92 Å². The number of aliphatic imine (C=N–C) groups is 1. The fraction of sp³-hybridized carbons (Fsp3) is 0.650. The number of hydrogen-bond donors (Lipinski definition) is 2. The number of ether oxygens (including phenoxy) is 2. The van der Waals surface area contributed by atoms with Gasteiger partial charge < -0.3 is 20.1 Å². The molecule has 1 aliphatic rings. The largest absolute Gasteiger partial charge is 0.489 e. The summed E-state index contributed by atoms with van der Waals surface area (Å²) in [5.41, 5.74) is 0. The Kier molecular flexibility index (Phi) is 11.7. The number of nitrogens with zero attached hydrogens (tertiary/aromatic N) is 2. The molecule has 0 saturated carbocycles. The van der Waals surface area contributed by atoms with Gasteiger partial charge in [0.05, 0.1) is 19.3 Å². The molecule has 1 aromatic rings. The van der Waals surface area contributed by atoms with Crippen molar-refractivity contribution in [1.82, 2.24) is 15.5 Å². The van der Waals surface area contributed by atoms with Crippen LogP contribution in [-0.2, 0) is 4.74 Å². The van der Waals surface area contributed by atoms with Crippen LogP contribution in [0.1, 0.15) is 20.8 Å². The van der Waals surface area contributed by atoms with Gasteiger partial charge >= 0.3 is 0 Å². The van der Waals surface area contributed by atoms with E-state index in [0.29, 0.717) is 30.7 Å². The average Bonchev–Trinajstić information content (AvgIpc) is 2.61. The maximum atomic E-state index is 13.2. The summed E-state index contributed by atoms with van der Waals surface area (Å²) in [6.07, 6.45) is 0.0230. The first-order valence-corrected chi connectivity index (χ1v) is 9.67. The average molecular weight is 508 g/mol. The quantitative estimate of drug-likeness (QED) is 0.322. The Bertz CT molecular complexity index is 603. The van der Waals surface area contributed by atoms with Crippen LogP contribution in [-0.4, -0.2) is 69.4 Å². The minimum absolute atomic E-state index is 0. The van der Waals surface area contributed by atoms with Gasteiger partial charge in [0.25, 0.3) is 0 Å². The number of morpholine rings is 1. The predicted octanol–water partition coefficient (Wildman–Crippen LogP) is 2.73. The monoisotopic (exact) mass is 508 g/mol. The molecule has 0 aromatic heterocycles. The minimum Gasteiger partial charge on any atom is -0.489 e. The van der Waals surface area contributed by atoms with Crippen molar-refractivity contribution in [2.75, 3.05) is 46.4 Å². The van der Waals surface area contributed by atoms with E-state index in [1.54, 1.807) is 19.2 Å². The Balaban J connectivity index is 0.00000392. The van der Waals surface area contributed by atoms with Crippen molar-refractivity contribution in [2.24, 2.45) is 10.9 Å². The van der Waals surface area contributed by atoms with E-state index < -0.39 is 0 Å². The van der Waals surface area contributed by atoms with Crippen LogP contribution in [0.3, 0.4) is 0 Å². The van der Waals surface area contributed by atoms with E-state index in [-0.39, 0.29) is 42.0 Å². The van der Waals surface area contributed by atoms with Crippen molar-refractivity contribution in [2.45, 2.75) is 33.0 Å². The molecule has 2 atom stereocenters. The summed E-state index contributed by atoms with van der Waals surface area (Å²) in [4.78, 5) is 6.69. The summed E-state index contributed by atoms with van der Waals surface area (Å²) in [7, 11) is 1.74. The summed E-state index contributed by atoms with van der Waals surface area (Å²) in [5.74, 6) is 1.58. The second kappa shape index (κ2) is 13.2. The standard InChI is InChI=1S/C20H33FN4O2.HI/c1-15(2)13-25-8-9-26-19(14-25)12-24-20(22-4)23-11-16(3)27-18-7-5-6-17(21)10-18;/h5-7,10,15-16,19H,8-9,11-14H2,1-4H3,(H2,22,23,24);1H. The summed E-state index contributed by atoms with van der Waals surface area (Å²) in [6, 6.07) is 6.16. The second-order valence-electron chi connectivity index (χ2n) is 7.37. The first-order valence-electron chi connectivity index (χ1n) is 9.67. The molecule has 0 spiro atoms. The van der Waals surface area contributed by atoms with E-state index in [4.69, 9.17) is 9.47 Å². The van der Waals surface area contributed by atoms with Crippen molar-refractivity contribution in [3.05, 3.63) is 30.1 Å². The molecule has 160 valence electrons. The van der Waals surface area contributed by atoms with Crippen molar-refractivity contribution in [3.63, 3.8) is 0 Å². The van der Waals surface area contributed by atoms with E-state index in [9.17, 15) is 4.39 Å². The van der Waals surface area contributed by atoms with Crippen molar-refractivity contribution in [3.8, 4) is 5.75 Å². The molecule has 2 rings (SSSR count). The molecule has 8 heteroatoms. The zero-order valence-corrected chi connectivity index (χ0v) is 19.6. The third-order valence-corrected chi connectivity index (χ3v) is 4.26. The van der Waals surface area contributed by atoms with Gasteiger partial charge in [-0.05, 0) is 25.0 Å². The second-order valence-corrected chi connectivity index (χ2v) is 7.37. The zero-order valence-electron chi connectivity index (χ0n) is 17.3. The topological polar surface area (TPSA) is 58.1 Å². The van der Waals surface area contributed by atoms with Crippen molar-refractivity contribution >= 4 is 29.9 Å². The molecule has 0 radical (unpaired) electrons. The summed E-state index contributed by atoms with van der Waals surface area (Å²) in [6.45, 7) is 11.5. The lowest BCUT2D eigenvalue weighted by atomic mass is 10.2. The Morgan fingerprint density at radius 2 is 2.14 bits per heavy atom. The zero-order chi connectivity index (χ0) is 19.6. The van der Waals surface area contributed by atoms with Gasteiger partial charge in [0.1, 0.15) is 17.7 Å². The molecule has 6 nitrogen and oxygen atoms in total. The highest BCUT2D eigenvalue weighted by molar-refractivity contribution is 14.0. The lowest BCUT2D eigenvalue weighted by Gasteiger charge is -2.34. The van der Waals surface area contributed by atoms with Gasteiger partial charge in [-0.1, -0.05) is 19.9 Å². The van der Waals surface area contributed by atoms with Crippen LogP contribution >= 0.6 is 24.0 Å². The van der Waals surface area contributed by atoms with Crippen LogP contribution in [0.5, 0.6) is 5.75 Å². The summed E-state index contributed by atoms with van der Waals surface area (Å²) in [5, 5.41) is 6.55. The molecule has 0 amide bonds. The molecule has 1 aromatic carbocycles. The van der Waals surface area contributed by atoms with E-state index in [0.717, 1.165) is 26.2 Å². The van der Waals surface area contributed by atoms with E-state index in [2.05, 4.69) is 34.4 Å². The van der Waals surface area contributed by atoms with Gasteiger partial charge in [-0.25, -0.2) is 4.39 Å². The smallest absolute Gasteiger partial charge is 0.191 e. The first kappa shape index (κ1) is 24.9. The van der Waals surface area contributed by atoms with Gasteiger partial charge in [0.15, 0.2) is 5.96 Å². The minimum atomic E-state index is -0.302. The van der Waals surface area contributed by atoms with Crippen LogP contribution < -0.4 is 15.4 Å².